The molecule has 0 amide bonds. The van der Waals surface area contributed by atoms with E-state index in [1.165, 1.54) is 6.08 Å². The van der Waals surface area contributed by atoms with Gasteiger partial charge in [-0.3, -0.25) is 9.59 Å². The van der Waals surface area contributed by atoms with Gasteiger partial charge in [0.25, 0.3) is 0 Å². The van der Waals surface area contributed by atoms with E-state index in [9.17, 15) is 9.59 Å². The van der Waals surface area contributed by atoms with Gasteiger partial charge in [0.2, 0.25) is 0 Å². The summed E-state index contributed by atoms with van der Waals surface area (Å²) in [7, 11) is 0. The van der Waals surface area contributed by atoms with Crippen LogP contribution in [0.5, 0.6) is 0 Å². The maximum atomic E-state index is 11.5. The Morgan fingerprint density at radius 3 is 2.43 bits per heavy atom. The van der Waals surface area contributed by atoms with E-state index >= 15 is 0 Å². The van der Waals surface area contributed by atoms with E-state index in [4.69, 9.17) is 0 Å². The number of allylic oxidation sites excluding steroid dienone is 1. The summed E-state index contributed by atoms with van der Waals surface area (Å²) in [5, 5.41) is 0. The van der Waals surface area contributed by atoms with Crippen LogP contribution in [0.2, 0.25) is 0 Å². The van der Waals surface area contributed by atoms with Crippen LogP contribution in [0.3, 0.4) is 0 Å². The second-order valence-corrected chi connectivity index (χ2v) is 3.00. The normalized spacial score (nSPS) is 9.43. The summed E-state index contributed by atoms with van der Waals surface area (Å²) in [4.78, 5) is 22.6. The average molecular weight is 188 g/mol. The zero-order valence-corrected chi connectivity index (χ0v) is 7.90. The zero-order chi connectivity index (χ0) is 10.4. The molecule has 1 aromatic rings. The Kier molecular flexibility index (Phi) is 3.80. The molecule has 14 heavy (non-hydrogen) atoms. The molecule has 2 nitrogen and oxygen atoms in total. The minimum atomic E-state index is -0.127. The summed E-state index contributed by atoms with van der Waals surface area (Å²) in [5.41, 5.74) is 0.588. The summed E-state index contributed by atoms with van der Waals surface area (Å²) < 4.78 is 0. The molecule has 72 valence electrons. The number of ketones is 2. The lowest BCUT2D eigenvalue weighted by Gasteiger charge is -1.98. The number of carbonyl (C=O) groups is 2. The van der Waals surface area contributed by atoms with Crippen LogP contribution >= 0.6 is 0 Å². The van der Waals surface area contributed by atoms with Crippen LogP contribution in [0.1, 0.15) is 23.2 Å². The van der Waals surface area contributed by atoms with Gasteiger partial charge in [-0.2, -0.15) is 0 Å². The van der Waals surface area contributed by atoms with E-state index in [2.05, 4.69) is 6.58 Å². The third kappa shape index (κ3) is 2.98. The largest absolute Gasteiger partial charge is 0.299 e. The third-order valence-corrected chi connectivity index (χ3v) is 1.83. The van der Waals surface area contributed by atoms with Crippen LogP contribution in [0.4, 0.5) is 0 Å². The van der Waals surface area contributed by atoms with Crippen molar-refractivity contribution >= 4 is 11.6 Å². The molecule has 0 saturated heterocycles. The molecule has 0 N–H and O–H groups in total. The lowest BCUT2D eigenvalue weighted by Crippen LogP contribution is -2.06. The van der Waals surface area contributed by atoms with E-state index < -0.39 is 0 Å². The van der Waals surface area contributed by atoms with E-state index in [0.29, 0.717) is 5.56 Å². The van der Waals surface area contributed by atoms with Crippen LogP contribution in [0.15, 0.2) is 43.0 Å². The summed E-state index contributed by atoms with van der Waals surface area (Å²) in [6, 6.07) is 8.83. The van der Waals surface area contributed by atoms with Crippen molar-refractivity contribution in [3.8, 4) is 0 Å². The van der Waals surface area contributed by atoms with Gasteiger partial charge in [0.1, 0.15) is 5.78 Å². The molecule has 0 atom stereocenters. The molecule has 0 aliphatic carbocycles. The Bertz CT molecular complexity index is 339. The highest BCUT2D eigenvalue weighted by Crippen LogP contribution is 2.04. The van der Waals surface area contributed by atoms with Crippen molar-refractivity contribution in [3.63, 3.8) is 0 Å². The second-order valence-electron chi connectivity index (χ2n) is 3.00. The van der Waals surface area contributed by atoms with Crippen molar-refractivity contribution in [2.75, 3.05) is 0 Å². The predicted molar refractivity (Wildman–Crippen MR) is 55.2 cm³/mol. The van der Waals surface area contributed by atoms with Crippen molar-refractivity contribution in [1.29, 1.82) is 0 Å². The van der Waals surface area contributed by atoms with Gasteiger partial charge in [0.15, 0.2) is 5.78 Å². The van der Waals surface area contributed by atoms with Gasteiger partial charge in [0, 0.05) is 12.0 Å². The van der Waals surface area contributed by atoms with Gasteiger partial charge >= 0.3 is 0 Å². The SMILES string of the molecule is C=CCC(=O)CC(=O)c1ccccc1. The van der Waals surface area contributed by atoms with Crippen LogP contribution in [0.25, 0.3) is 0 Å². The van der Waals surface area contributed by atoms with Crippen molar-refractivity contribution in [2.45, 2.75) is 12.8 Å². The van der Waals surface area contributed by atoms with Gasteiger partial charge in [-0.15, -0.1) is 6.58 Å². The van der Waals surface area contributed by atoms with Gasteiger partial charge < -0.3 is 0 Å². The first-order chi connectivity index (χ1) is 6.74. The third-order valence-electron chi connectivity index (χ3n) is 1.83. The predicted octanol–water partition coefficient (Wildman–Crippen LogP) is 2.40. The molecule has 0 radical (unpaired) electrons. The van der Waals surface area contributed by atoms with Gasteiger partial charge in [-0.1, -0.05) is 36.4 Å². The van der Waals surface area contributed by atoms with Crippen molar-refractivity contribution in [3.05, 3.63) is 48.6 Å². The van der Waals surface area contributed by atoms with E-state index in [-0.39, 0.29) is 24.4 Å². The Balaban J connectivity index is 2.59. The topological polar surface area (TPSA) is 34.1 Å². The maximum Gasteiger partial charge on any atom is 0.170 e. The van der Waals surface area contributed by atoms with E-state index in [1.54, 1.807) is 24.3 Å². The first kappa shape index (κ1) is 10.4. The Morgan fingerprint density at radius 1 is 1.21 bits per heavy atom. The van der Waals surface area contributed by atoms with Gasteiger partial charge in [-0.25, -0.2) is 0 Å². The lowest BCUT2D eigenvalue weighted by atomic mass is 10.1. The van der Waals surface area contributed by atoms with Crippen LogP contribution in [-0.2, 0) is 4.79 Å². The Hall–Kier alpha value is -1.70. The molecule has 0 saturated carbocycles. The monoisotopic (exact) mass is 188 g/mol. The number of hydrogen-bond donors (Lipinski definition) is 0. The Labute approximate surface area is 83.3 Å². The highest BCUT2D eigenvalue weighted by Gasteiger charge is 2.09. The molecule has 0 aliphatic rings. The number of Topliss-reactive ketones (excluding diaryl/α,β-unsaturated/α-hetero) is 2. The quantitative estimate of drug-likeness (QED) is 0.404. The van der Waals surface area contributed by atoms with E-state index in [0.717, 1.165) is 0 Å². The highest BCUT2D eigenvalue weighted by molar-refractivity contribution is 6.08. The smallest absolute Gasteiger partial charge is 0.170 e. The van der Waals surface area contributed by atoms with Crippen LogP contribution < -0.4 is 0 Å². The highest BCUT2D eigenvalue weighted by atomic mass is 16.1. The molecule has 2 heteroatoms. The summed E-state index contributed by atoms with van der Waals surface area (Å²) in [6.45, 7) is 3.45. The van der Waals surface area contributed by atoms with Crippen molar-refractivity contribution in [1.82, 2.24) is 0 Å². The molecule has 0 aliphatic heterocycles. The summed E-state index contributed by atoms with van der Waals surface area (Å²) >= 11 is 0. The van der Waals surface area contributed by atoms with Crippen molar-refractivity contribution < 1.29 is 9.59 Å². The number of rotatable bonds is 5. The molecule has 0 unspecified atom stereocenters. The van der Waals surface area contributed by atoms with Crippen LogP contribution in [0, 0.1) is 0 Å². The first-order valence-corrected chi connectivity index (χ1v) is 4.45. The summed E-state index contributed by atoms with van der Waals surface area (Å²) in [6.07, 6.45) is 1.75. The molecule has 0 spiro atoms. The lowest BCUT2D eigenvalue weighted by molar-refractivity contribution is -0.117. The fraction of sp³-hybridized carbons (Fsp3) is 0.167. The summed E-state index contributed by atoms with van der Waals surface area (Å²) in [5.74, 6) is -0.216. The van der Waals surface area contributed by atoms with Crippen LogP contribution in [-0.4, -0.2) is 11.6 Å². The zero-order valence-electron chi connectivity index (χ0n) is 7.90. The minimum absolute atomic E-state index is 0.0317. The molecule has 0 fully saturated rings. The molecule has 1 aromatic carbocycles. The second kappa shape index (κ2) is 5.12. The van der Waals surface area contributed by atoms with Gasteiger partial charge in [0.05, 0.1) is 6.42 Å². The number of hydrogen-bond acceptors (Lipinski definition) is 2. The Morgan fingerprint density at radius 2 is 1.86 bits per heavy atom. The maximum absolute atomic E-state index is 11.5. The first-order valence-electron chi connectivity index (χ1n) is 4.45. The molecule has 0 bridgehead atoms. The molecule has 0 heterocycles. The fourth-order valence-corrected chi connectivity index (χ4v) is 1.14. The molecule has 1 rings (SSSR count). The van der Waals surface area contributed by atoms with Crippen molar-refractivity contribution in [2.24, 2.45) is 0 Å². The number of benzene rings is 1. The van der Waals surface area contributed by atoms with Gasteiger partial charge in [-0.05, 0) is 0 Å². The standard InChI is InChI=1S/C12H12O2/c1-2-6-11(13)9-12(14)10-7-4-3-5-8-10/h2-5,7-8H,1,6,9H2. The molecule has 0 aromatic heterocycles. The fourth-order valence-electron chi connectivity index (χ4n) is 1.14. The minimum Gasteiger partial charge on any atom is -0.299 e. The van der Waals surface area contributed by atoms with E-state index in [1.807, 2.05) is 6.07 Å². The number of carbonyl (C=O) groups excluding carboxylic acids is 2. The molecular weight excluding hydrogens is 176 g/mol. The molecular formula is C12H12O2. The average Bonchev–Trinajstić information content (AvgIpc) is 2.19.